The third-order valence-corrected chi connectivity index (χ3v) is 5.17. The minimum Gasteiger partial charge on any atom is -0.461 e. The van der Waals surface area contributed by atoms with Crippen molar-refractivity contribution in [2.45, 2.75) is 71.4 Å². The van der Waals surface area contributed by atoms with Crippen molar-refractivity contribution in [3.63, 3.8) is 0 Å². The smallest absolute Gasteiger partial charge is 0.360 e. The fraction of sp³-hybridized carbons (Fsp3) is 0.917. The molecule has 0 aliphatic carbocycles. The first-order valence-corrected chi connectivity index (χ1v) is 8.48. The topological polar surface area (TPSA) is 61.8 Å². The Morgan fingerprint density at radius 3 is 1.84 bits per heavy atom. The van der Waals surface area contributed by atoms with E-state index in [1.54, 1.807) is 34.6 Å². The van der Waals surface area contributed by atoms with E-state index in [9.17, 15) is 9.36 Å². The van der Waals surface area contributed by atoms with Crippen LogP contribution in [0.4, 0.5) is 0 Å². The molecule has 5 nitrogen and oxygen atoms in total. The van der Waals surface area contributed by atoms with Gasteiger partial charge in [-0.3, -0.25) is 4.57 Å². The zero-order valence-electron chi connectivity index (χ0n) is 12.4. The second kappa shape index (κ2) is 8.25. The van der Waals surface area contributed by atoms with Crippen LogP contribution in [0.2, 0.25) is 0 Å². The van der Waals surface area contributed by atoms with Crippen LogP contribution in [0.3, 0.4) is 0 Å². The fourth-order valence-electron chi connectivity index (χ4n) is 1.19. The minimum atomic E-state index is -3.75. The van der Waals surface area contributed by atoms with Crippen LogP contribution in [0, 0.1) is 0 Å². The molecule has 0 radical (unpaired) electrons. The second-order valence-corrected chi connectivity index (χ2v) is 7.60. The molecule has 0 aromatic carbocycles. The van der Waals surface area contributed by atoms with Crippen LogP contribution >= 0.6 is 19.2 Å². The van der Waals surface area contributed by atoms with Gasteiger partial charge in [-0.15, -0.1) is 0 Å². The molecule has 0 aliphatic rings. The van der Waals surface area contributed by atoms with Crippen LogP contribution in [0.25, 0.3) is 0 Å². The number of carbonyl (C=O) groups is 1. The van der Waals surface area contributed by atoms with Crippen molar-refractivity contribution in [2.24, 2.45) is 0 Å². The molecule has 7 heteroatoms. The van der Waals surface area contributed by atoms with Gasteiger partial charge in [-0.1, -0.05) is 18.5 Å². The van der Waals surface area contributed by atoms with Crippen LogP contribution in [-0.4, -0.2) is 29.4 Å². The summed E-state index contributed by atoms with van der Waals surface area (Å²) in [5.41, 5.74) is 0. The largest absolute Gasteiger partial charge is 0.461 e. The van der Waals surface area contributed by atoms with E-state index in [2.05, 4.69) is 0 Å². The van der Waals surface area contributed by atoms with Crippen LogP contribution in [0.1, 0.15) is 48.0 Å². The molecular formula is C12H24ClO5P. The highest BCUT2D eigenvalue weighted by Crippen LogP contribution is 2.57. The Kier molecular flexibility index (Phi) is 8.21. The van der Waals surface area contributed by atoms with Crippen molar-refractivity contribution >= 4 is 25.2 Å². The normalized spacial score (nSPS) is 15.6. The number of hydrogen-bond acceptors (Lipinski definition) is 5. The lowest BCUT2D eigenvalue weighted by Crippen LogP contribution is -2.26. The number of hydrogen-bond donors (Lipinski definition) is 0. The predicted octanol–water partition coefficient (Wildman–Crippen LogP) is 3.94. The molecule has 0 bridgehead atoms. The summed E-state index contributed by atoms with van der Waals surface area (Å²) in [7, 11) is -3.75. The lowest BCUT2D eigenvalue weighted by molar-refractivity contribution is -0.146. The molecule has 2 unspecified atom stereocenters. The van der Waals surface area contributed by atoms with Gasteiger partial charge in [0.15, 0.2) is 0 Å². The molecule has 0 N–H and O–H groups in total. The molecule has 0 fully saturated rings. The van der Waals surface area contributed by atoms with E-state index in [4.69, 9.17) is 25.4 Å². The lowest BCUT2D eigenvalue weighted by Gasteiger charge is -2.26. The van der Waals surface area contributed by atoms with Gasteiger partial charge in [-0.2, -0.15) is 0 Å². The molecule has 0 amide bonds. The summed E-state index contributed by atoms with van der Waals surface area (Å²) in [4.78, 5) is 11.8. The average molecular weight is 315 g/mol. The van der Waals surface area contributed by atoms with Gasteiger partial charge in [0.2, 0.25) is 5.12 Å². The van der Waals surface area contributed by atoms with Gasteiger partial charge in [0.1, 0.15) is 0 Å². The van der Waals surface area contributed by atoms with Crippen molar-refractivity contribution in [3.8, 4) is 0 Å². The Labute approximate surface area is 120 Å². The monoisotopic (exact) mass is 314 g/mol. The number of esters is 1. The van der Waals surface area contributed by atoms with Crippen LogP contribution in [0.5, 0.6) is 0 Å². The predicted molar refractivity (Wildman–Crippen MR) is 75.5 cm³/mol. The Morgan fingerprint density at radius 2 is 1.53 bits per heavy atom. The molecule has 0 heterocycles. The average Bonchev–Trinajstić information content (AvgIpc) is 2.25. The number of rotatable bonds is 8. The maximum absolute atomic E-state index is 12.6. The second-order valence-electron chi connectivity index (χ2n) is 4.84. The van der Waals surface area contributed by atoms with Gasteiger partial charge in [-0.25, -0.2) is 4.79 Å². The van der Waals surface area contributed by atoms with Crippen molar-refractivity contribution in [1.29, 1.82) is 0 Å². The Bertz CT molecular complexity index is 318. The highest BCUT2D eigenvalue weighted by atomic mass is 35.5. The summed E-state index contributed by atoms with van der Waals surface area (Å²) in [6.45, 7) is 10.4. The van der Waals surface area contributed by atoms with Crippen molar-refractivity contribution in [3.05, 3.63) is 0 Å². The highest BCUT2D eigenvalue weighted by molar-refractivity contribution is 7.57. The number of ether oxygens (including phenoxy) is 1. The minimum absolute atomic E-state index is 0.291. The van der Waals surface area contributed by atoms with Gasteiger partial charge in [-0.05, 0) is 41.0 Å². The number of halogens is 1. The zero-order chi connectivity index (χ0) is 15.2. The van der Waals surface area contributed by atoms with Gasteiger partial charge >= 0.3 is 13.6 Å². The van der Waals surface area contributed by atoms with E-state index in [0.29, 0.717) is 6.42 Å². The summed E-state index contributed by atoms with van der Waals surface area (Å²) in [5, 5.41) is -1.45. The summed E-state index contributed by atoms with van der Waals surface area (Å²) in [6.07, 6.45) is -0.389. The maximum atomic E-state index is 12.6. The third kappa shape index (κ3) is 6.75. The Morgan fingerprint density at radius 1 is 1.11 bits per heavy atom. The first-order valence-electron chi connectivity index (χ1n) is 6.43. The van der Waals surface area contributed by atoms with Gasteiger partial charge in [0.25, 0.3) is 0 Å². The summed E-state index contributed by atoms with van der Waals surface area (Å²) in [6, 6.07) is 0. The van der Waals surface area contributed by atoms with Gasteiger partial charge in [0, 0.05) is 0 Å². The Hall–Kier alpha value is -0.0900. The van der Waals surface area contributed by atoms with E-state index in [1.165, 1.54) is 0 Å². The van der Waals surface area contributed by atoms with Crippen molar-refractivity contribution in [1.82, 2.24) is 0 Å². The first kappa shape index (κ1) is 18.9. The molecule has 0 spiro atoms. The van der Waals surface area contributed by atoms with E-state index in [0.717, 1.165) is 0 Å². The fourth-order valence-corrected chi connectivity index (χ4v) is 3.27. The number of carbonyl (C=O) groups excluding carboxylic acids is 1. The molecule has 19 heavy (non-hydrogen) atoms. The summed E-state index contributed by atoms with van der Waals surface area (Å²) in [5.74, 6) is -0.777. The summed E-state index contributed by atoms with van der Waals surface area (Å²) >= 11 is 5.94. The standard InChI is InChI=1S/C12H24ClO5P/c1-7-10(6)16-12(14)11(13)19(15,17-8(2)3)18-9(4)5/h8-11H,7H2,1-6H3. The molecule has 0 rings (SSSR count). The number of alkyl halides is 1. The summed E-state index contributed by atoms with van der Waals surface area (Å²) < 4.78 is 28.1. The molecule has 0 aliphatic heterocycles. The molecule has 0 saturated heterocycles. The zero-order valence-corrected chi connectivity index (χ0v) is 14.0. The molecule has 0 saturated carbocycles. The molecule has 114 valence electrons. The Balaban J connectivity index is 4.94. The van der Waals surface area contributed by atoms with Crippen LogP contribution < -0.4 is 0 Å². The molecule has 0 aromatic heterocycles. The van der Waals surface area contributed by atoms with E-state index in [1.807, 2.05) is 6.92 Å². The SMILES string of the molecule is CCC(C)OC(=O)C(Cl)P(=O)(OC(C)C)OC(C)C. The molecular weight excluding hydrogens is 291 g/mol. The van der Waals surface area contributed by atoms with Crippen molar-refractivity contribution in [2.75, 3.05) is 0 Å². The van der Waals surface area contributed by atoms with Gasteiger partial charge < -0.3 is 13.8 Å². The van der Waals surface area contributed by atoms with Crippen LogP contribution in [-0.2, 0) is 23.1 Å². The lowest BCUT2D eigenvalue weighted by atomic mass is 10.3. The molecule has 2 atom stereocenters. The third-order valence-electron chi connectivity index (χ3n) is 2.08. The van der Waals surface area contributed by atoms with Crippen LogP contribution in [0.15, 0.2) is 0 Å². The molecule has 0 aromatic rings. The van der Waals surface area contributed by atoms with E-state index < -0.39 is 18.7 Å². The van der Waals surface area contributed by atoms with Crippen molar-refractivity contribution < 1.29 is 23.1 Å². The quantitative estimate of drug-likeness (QED) is 0.386. The van der Waals surface area contributed by atoms with E-state index in [-0.39, 0.29) is 18.3 Å². The maximum Gasteiger partial charge on any atom is 0.360 e. The highest BCUT2D eigenvalue weighted by Gasteiger charge is 2.43. The first-order chi connectivity index (χ1) is 8.62. The van der Waals surface area contributed by atoms with Gasteiger partial charge in [0.05, 0.1) is 18.3 Å². The van der Waals surface area contributed by atoms with E-state index >= 15 is 0 Å².